The molecule has 0 unspecified atom stereocenters. The molecule has 114 valence electrons. The highest BCUT2D eigenvalue weighted by Crippen LogP contribution is 2.47. The molecule has 0 spiro atoms. The lowest BCUT2D eigenvalue weighted by Crippen LogP contribution is -2.50. The number of halogens is 2. The van der Waals surface area contributed by atoms with Crippen molar-refractivity contribution < 1.29 is 9.13 Å². The van der Waals surface area contributed by atoms with E-state index in [2.05, 4.69) is 27.8 Å². The zero-order valence-corrected chi connectivity index (χ0v) is 14.2. The van der Waals surface area contributed by atoms with Crippen molar-refractivity contribution in [2.24, 2.45) is 16.6 Å². The molecule has 1 aromatic rings. The molecule has 1 saturated heterocycles. The minimum Gasteiger partial charge on any atom is -0.379 e. The van der Waals surface area contributed by atoms with Crippen molar-refractivity contribution in [3.05, 3.63) is 34.1 Å². The molecule has 2 heterocycles. The van der Waals surface area contributed by atoms with Crippen molar-refractivity contribution in [1.82, 2.24) is 0 Å². The highest BCUT2D eigenvalue weighted by Gasteiger charge is 2.49. The summed E-state index contributed by atoms with van der Waals surface area (Å²) in [4.78, 5) is 4.65. The smallest absolute Gasteiger partial charge is 0.154 e. The average Bonchev–Trinajstić information content (AvgIpc) is 2.49. The Morgan fingerprint density at radius 1 is 1.57 bits per heavy atom. The predicted octanol–water partition coefficient (Wildman–Crippen LogP) is 3.66. The summed E-state index contributed by atoms with van der Waals surface area (Å²) in [6.07, 6.45) is 2.09. The van der Waals surface area contributed by atoms with Crippen LogP contribution in [0.4, 0.5) is 4.39 Å². The third kappa shape index (κ3) is 2.73. The van der Waals surface area contributed by atoms with Gasteiger partial charge in [0.25, 0.3) is 0 Å². The lowest BCUT2D eigenvalue weighted by atomic mass is 9.74. The van der Waals surface area contributed by atoms with Gasteiger partial charge in [-0.05, 0) is 31.0 Å². The van der Waals surface area contributed by atoms with E-state index in [1.807, 2.05) is 6.07 Å². The van der Waals surface area contributed by atoms with Crippen LogP contribution in [0.2, 0.25) is 0 Å². The maximum Gasteiger partial charge on any atom is 0.154 e. The molecule has 0 radical (unpaired) electrons. The van der Waals surface area contributed by atoms with Crippen molar-refractivity contribution in [2.75, 3.05) is 12.4 Å². The third-order valence-corrected chi connectivity index (χ3v) is 5.80. The second-order valence-electron chi connectivity index (χ2n) is 5.58. The van der Waals surface area contributed by atoms with Gasteiger partial charge in [-0.25, -0.2) is 9.38 Å². The molecule has 0 aromatic heterocycles. The van der Waals surface area contributed by atoms with Crippen molar-refractivity contribution in [3.63, 3.8) is 0 Å². The first-order chi connectivity index (χ1) is 10.0. The number of thioether (sulfide) groups is 1. The summed E-state index contributed by atoms with van der Waals surface area (Å²) in [6.45, 7) is 2.51. The van der Waals surface area contributed by atoms with Crippen LogP contribution in [-0.4, -0.2) is 23.6 Å². The number of aliphatic imine (C=N–C) groups is 1. The van der Waals surface area contributed by atoms with Crippen LogP contribution in [0.25, 0.3) is 0 Å². The molecule has 3 atom stereocenters. The summed E-state index contributed by atoms with van der Waals surface area (Å²) >= 11 is 4.98. The first-order valence-electron chi connectivity index (χ1n) is 7.10. The van der Waals surface area contributed by atoms with Gasteiger partial charge in [0.15, 0.2) is 5.17 Å². The molecule has 0 saturated carbocycles. The first kappa shape index (κ1) is 15.3. The summed E-state index contributed by atoms with van der Waals surface area (Å²) in [5, 5.41) is 0.518. The molecular formula is C15H18BrFN2OS. The van der Waals surface area contributed by atoms with Gasteiger partial charge in [0.05, 0.1) is 12.7 Å². The van der Waals surface area contributed by atoms with Crippen LogP contribution in [0.5, 0.6) is 0 Å². The number of hydrogen-bond acceptors (Lipinski definition) is 4. The van der Waals surface area contributed by atoms with Crippen molar-refractivity contribution in [3.8, 4) is 0 Å². The monoisotopic (exact) mass is 372 g/mol. The number of amidine groups is 1. The molecular weight excluding hydrogens is 355 g/mol. The van der Waals surface area contributed by atoms with Crippen molar-refractivity contribution >= 4 is 32.9 Å². The number of rotatable bonds is 2. The SMILES string of the molecule is CC[C@H]1C[C@H]2CSC(N)=N[C@@]2(c2cc(Br)ccc2F)CO1. The Hall–Kier alpha value is -0.590. The van der Waals surface area contributed by atoms with E-state index in [4.69, 9.17) is 10.5 Å². The van der Waals surface area contributed by atoms with Crippen molar-refractivity contribution in [2.45, 2.75) is 31.4 Å². The molecule has 3 nitrogen and oxygen atoms in total. The van der Waals surface area contributed by atoms with Gasteiger partial charge in [-0.3, -0.25) is 0 Å². The maximum absolute atomic E-state index is 14.4. The van der Waals surface area contributed by atoms with E-state index in [0.29, 0.717) is 17.3 Å². The van der Waals surface area contributed by atoms with E-state index in [9.17, 15) is 4.39 Å². The quantitative estimate of drug-likeness (QED) is 0.861. The number of benzene rings is 1. The lowest BCUT2D eigenvalue weighted by molar-refractivity contribution is -0.0578. The Balaban J connectivity index is 2.09. The molecule has 1 fully saturated rings. The van der Waals surface area contributed by atoms with Gasteiger partial charge in [-0.1, -0.05) is 34.6 Å². The zero-order valence-electron chi connectivity index (χ0n) is 11.8. The Bertz CT molecular complexity index is 583. The van der Waals surface area contributed by atoms with Gasteiger partial charge in [0.2, 0.25) is 0 Å². The molecule has 2 aliphatic rings. The number of nitrogens with two attached hydrogens (primary N) is 1. The van der Waals surface area contributed by atoms with E-state index in [0.717, 1.165) is 23.1 Å². The van der Waals surface area contributed by atoms with E-state index in [-0.39, 0.29) is 17.8 Å². The minimum absolute atomic E-state index is 0.230. The molecule has 3 rings (SSSR count). The van der Waals surface area contributed by atoms with Crippen LogP contribution in [0.15, 0.2) is 27.7 Å². The van der Waals surface area contributed by atoms with Gasteiger partial charge in [-0.2, -0.15) is 0 Å². The van der Waals surface area contributed by atoms with Gasteiger partial charge in [-0.15, -0.1) is 0 Å². The highest BCUT2D eigenvalue weighted by atomic mass is 79.9. The zero-order chi connectivity index (χ0) is 15.0. The summed E-state index contributed by atoms with van der Waals surface area (Å²) in [7, 11) is 0. The van der Waals surface area contributed by atoms with Crippen molar-refractivity contribution in [1.29, 1.82) is 0 Å². The topological polar surface area (TPSA) is 47.6 Å². The fraction of sp³-hybridized carbons (Fsp3) is 0.533. The van der Waals surface area contributed by atoms with E-state index < -0.39 is 5.54 Å². The summed E-state index contributed by atoms with van der Waals surface area (Å²) in [6, 6.07) is 4.99. The fourth-order valence-corrected chi connectivity index (χ4v) is 4.53. The fourth-order valence-electron chi connectivity index (χ4n) is 3.16. The Labute approximate surface area is 136 Å². The number of fused-ring (bicyclic) bond motifs is 1. The molecule has 0 amide bonds. The molecule has 2 N–H and O–H groups in total. The average molecular weight is 373 g/mol. The molecule has 1 aromatic carbocycles. The largest absolute Gasteiger partial charge is 0.379 e. The van der Waals surface area contributed by atoms with Gasteiger partial charge in [0, 0.05) is 21.7 Å². The van der Waals surface area contributed by atoms with Crippen LogP contribution < -0.4 is 5.73 Å². The normalized spacial score (nSPS) is 32.4. The van der Waals surface area contributed by atoms with E-state index in [1.54, 1.807) is 17.8 Å². The standard InChI is InChI=1S/C15H18BrFN2OS/c1-2-11-5-9-7-21-14(18)19-15(9,8-20-11)12-6-10(16)3-4-13(12)17/h3-4,6,9,11H,2,5,7-8H2,1H3,(H2,18,19)/t9-,11-,15-/m0/s1. The minimum atomic E-state index is -0.686. The second kappa shape index (κ2) is 5.89. The van der Waals surface area contributed by atoms with Crippen LogP contribution >= 0.6 is 27.7 Å². The lowest BCUT2D eigenvalue weighted by Gasteiger charge is -2.46. The molecule has 0 aliphatic carbocycles. The summed E-state index contributed by atoms with van der Waals surface area (Å²) < 4.78 is 21.2. The Kier molecular flexibility index (Phi) is 4.30. The Morgan fingerprint density at radius 2 is 2.38 bits per heavy atom. The van der Waals surface area contributed by atoms with Gasteiger partial charge < -0.3 is 10.5 Å². The Morgan fingerprint density at radius 3 is 3.14 bits per heavy atom. The van der Waals surface area contributed by atoms with E-state index >= 15 is 0 Å². The first-order valence-corrected chi connectivity index (χ1v) is 8.88. The highest BCUT2D eigenvalue weighted by molar-refractivity contribution is 9.10. The maximum atomic E-state index is 14.4. The molecule has 21 heavy (non-hydrogen) atoms. The summed E-state index contributed by atoms with van der Waals surface area (Å²) in [5.41, 5.74) is 5.84. The summed E-state index contributed by atoms with van der Waals surface area (Å²) in [5.74, 6) is 0.865. The van der Waals surface area contributed by atoms with Crippen LogP contribution in [0.1, 0.15) is 25.3 Å². The van der Waals surface area contributed by atoms with E-state index in [1.165, 1.54) is 6.07 Å². The predicted molar refractivity (Wildman–Crippen MR) is 88.0 cm³/mol. The number of hydrogen-bond donors (Lipinski definition) is 1. The van der Waals surface area contributed by atoms with Crippen LogP contribution in [-0.2, 0) is 10.3 Å². The van der Waals surface area contributed by atoms with Crippen LogP contribution in [0.3, 0.4) is 0 Å². The van der Waals surface area contributed by atoms with Crippen LogP contribution in [0, 0.1) is 11.7 Å². The second-order valence-corrected chi connectivity index (χ2v) is 7.54. The third-order valence-electron chi connectivity index (χ3n) is 4.35. The number of ether oxygens (including phenoxy) is 1. The molecule has 6 heteroatoms. The van der Waals surface area contributed by atoms with Gasteiger partial charge >= 0.3 is 0 Å². The number of nitrogens with zero attached hydrogens (tertiary/aromatic N) is 1. The molecule has 0 bridgehead atoms. The molecule has 2 aliphatic heterocycles. The van der Waals surface area contributed by atoms with Gasteiger partial charge in [0.1, 0.15) is 11.4 Å².